The van der Waals surface area contributed by atoms with Gasteiger partial charge in [-0.1, -0.05) is 38.2 Å². The number of aliphatic hydroxyl groups is 1. The number of aliphatic hydroxyl groups excluding tert-OH is 1. The van der Waals surface area contributed by atoms with Crippen LogP contribution in [-0.4, -0.2) is 11.2 Å². The van der Waals surface area contributed by atoms with Crippen LogP contribution in [0.15, 0.2) is 24.3 Å². The monoisotopic (exact) mass is 154 g/mol. The highest BCUT2D eigenvalue weighted by Gasteiger charge is 1.94. The fourth-order valence-electron chi connectivity index (χ4n) is 0.705. The molecule has 0 bridgehead atoms. The zero-order chi connectivity index (χ0) is 8.69. The minimum atomic E-state index is -0.311. The van der Waals surface area contributed by atoms with E-state index >= 15 is 0 Å². The summed E-state index contributed by atoms with van der Waals surface area (Å²) in [5.41, 5.74) is 0. The van der Waals surface area contributed by atoms with Crippen molar-refractivity contribution >= 4 is 0 Å². The lowest BCUT2D eigenvalue weighted by molar-refractivity contribution is 0.226. The van der Waals surface area contributed by atoms with Crippen LogP contribution in [0.25, 0.3) is 0 Å². The molecule has 1 atom stereocenters. The molecule has 0 aromatic carbocycles. The normalized spacial score (nSPS) is 15.4. The van der Waals surface area contributed by atoms with Gasteiger partial charge in [-0.2, -0.15) is 0 Å². The molecule has 11 heavy (non-hydrogen) atoms. The molecule has 0 fully saturated rings. The minimum absolute atomic E-state index is 0.311. The van der Waals surface area contributed by atoms with Gasteiger partial charge in [0.05, 0.1) is 6.10 Å². The van der Waals surface area contributed by atoms with Crippen LogP contribution in [0.1, 0.15) is 27.2 Å². The molecule has 0 saturated carbocycles. The third-order valence-electron chi connectivity index (χ3n) is 1.33. The van der Waals surface area contributed by atoms with Crippen molar-refractivity contribution in [2.75, 3.05) is 0 Å². The van der Waals surface area contributed by atoms with Crippen molar-refractivity contribution in [2.45, 2.75) is 33.3 Å². The van der Waals surface area contributed by atoms with Crippen LogP contribution >= 0.6 is 0 Å². The molecule has 0 aliphatic heterocycles. The Morgan fingerprint density at radius 3 is 2.36 bits per heavy atom. The van der Waals surface area contributed by atoms with Gasteiger partial charge in [0.2, 0.25) is 0 Å². The maximum absolute atomic E-state index is 9.29. The first kappa shape index (κ1) is 10.4. The quantitative estimate of drug-likeness (QED) is 0.617. The topological polar surface area (TPSA) is 20.2 Å². The van der Waals surface area contributed by atoms with Crippen LogP contribution in [0.2, 0.25) is 0 Å². The zero-order valence-corrected chi connectivity index (χ0v) is 7.62. The Balaban J connectivity index is 3.59. The molecule has 0 radical (unpaired) electrons. The molecule has 0 rings (SSSR count). The van der Waals surface area contributed by atoms with Gasteiger partial charge in [0.15, 0.2) is 0 Å². The van der Waals surface area contributed by atoms with Crippen LogP contribution in [0.5, 0.6) is 0 Å². The van der Waals surface area contributed by atoms with Gasteiger partial charge in [0.1, 0.15) is 0 Å². The van der Waals surface area contributed by atoms with E-state index < -0.39 is 0 Å². The van der Waals surface area contributed by atoms with Crippen molar-refractivity contribution in [1.82, 2.24) is 0 Å². The SMILES string of the molecule is C/C=C\CC(O)/C=C/C(C)C. The van der Waals surface area contributed by atoms with Gasteiger partial charge in [-0.3, -0.25) is 0 Å². The summed E-state index contributed by atoms with van der Waals surface area (Å²) in [5.74, 6) is 0.523. The average Bonchev–Trinajstić information content (AvgIpc) is 1.97. The lowest BCUT2D eigenvalue weighted by Gasteiger charge is -2.01. The molecule has 0 aromatic rings. The molecule has 64 valence electrons. The molecule has 0 aliphatic rings. The van der Waals surface area contributed by atoms with Gasteiger partial charge < -0.3 is 5.11 Å². The highest BCUT2D eigenvalue weighted by atomic mass is 16.3. The van der Waals surface area contributed by atoms with E-state index in [4.69, 9.17) is 0 Å². The lowest BCUT2D eigenvalue weighted by Crippen LogP contribution is -1.99. The molecule has 1 N–H and O–H groups in total. The Morgan fingerprint density at radius 1 is 1.27 bits per heavy atom. The average molecular weight is 154 g/mol. The Morgan fingerprint density at radius 2 is 1.91 bits per heavy atom. The van der Waals surface area contributed by atoms with Crippen molar-refractivity contribution in [3.05, 3.63) is 24.3 Å². The lowest BCUT2D eigenvalue weighted by atomic mass is 10.1. The summed E-state index contributed by atoms with van der Waals surface area (Å²) >= 11 is 0. The maximum atomic E-state index is 9.29. The molecule has 0 heterocycles. The van der Waals surface area contributed by atoms with Crippen LogP contribution < -0.4 is 0 Å². The highest BCUT2D eigenvalue weighted by molar-refractivity contribution is 4.94. The fraction of sp³-hybridized carbons (Fsp3) is 0.600. The van der Waals surface area contributed by atoms with Gasteiger partial charge in [-0.25, -0.2) is 0 Å². The van der Waals surface area contributed by atoms with E-state index in [1.54, 1.807) is 0 Å². The van der Waals surface area contributed by atoms with E-state index in [1.165, 1.54) is 0 Å². The van der Waals surface area contributed by atoms with E-state index in [2.05, 4.69) is 13.8 Å². The second-order valence-electron chi connectivity index (χ2n) is 3.00. The summed E-state index contributed by atoms with van der Waals surface area (Å²) < 4.78 is 0. The van der Waals surface area contributed by atoms with Crippen LogP contribution in [-0.2, 0) is 0 Å². The van der Waals surface area contributed by atoms with Gasteiger partial charge >= 0.3 is 0 Å². The van der Waals surface area contributed by atoms with Crippen molar-refractivity contribution in [3.63, 3.8) is 0 Å². The van der Waals surface area contributed by atoms with Crippen molar-refractivity contribution in [1.29, 1.82) is 0 Å². The first-order valence-electron chi connectivity index (χ1n) is 4.14. The van der Waals surface area contributed by atoms with E-state index in [9.17, 15) is 5.11 Å². The summed E-state index contributed by atoms with van der Waals surface area (Å²) in [6.45, 7) is 6.15. The second kappa shape index (κ2) is 6.17. The first-order valence-corrected chi connectivity index (χ1v) is 4.14. The summed E-state index contributed by atoms with van der Waals surface area (Å²) in [5, 5.41) is 9.29. The third-order valence-corrected chi connectivity index (χ3v) is 1.33. The zero-order valence-electron chi connectivity index (χ0n) is 7.62. The Bertz CT molecular complexity index is 134. The number of allylic oxidation sites excluding steroid dienone is 2. The predicted molar refractivity (Wildman–Crippen MR) is 49.4 cm³/mol. The third kappa shape index (κ3) is 7.34. The molecular formula is C10H18O. The molecule has 0 aromatic heterocycles. The smallest absolute Gasteiger partial charge is 0.0755 e. The van der Waals surface area contributed by atoms with Gasteiger partial charge in [-0.05, 0) is 19.3 Å². The Kier molecular flexibility index (Phi) is 5.86. The number of hydrogen-bond donors (Lipinski definition) is 1. The molecule has 1 heteroatoms. The summed E-state index contributed by atoms with van der Waals surface area (Å²) in [6.07, 6.45) is 8.20. The first-order chi connectivity index (χ1) is 5.16. The largest absolute Gasteiger partial charge is 0.389 e. The van der Waals surface area contributed by atoms with Crippen molar-refractivity contribution in [2.24, 2.45) is 5.92 Å². The molecule has 1 unspecified atom stereocenters. The summed E-state index contributed by atoms with van der Waals surface area (Å²) in [6, 6.07) is 0. The van der Waals surface area contributed by atoms with Gasteiger partial charge in [0, 0.05) is 0 Å². The second-order valence-corrected chi connectivity index (χ2v) is 3.00. The maximum Gasteiger partial charge on any atom is 0.0755 e. The van der Waals surface area contributed by atoms with E-state index in [-0.39, 0.29) is 6.10 Å². The molecular weight excluding hydrogens is 136 g/mol. The number of hydrogen-bond acceptors (Lipinski definition) is 1. The van der Waals surface area contributed by atoms with Crippen molar-refractivity contribution < 1.29 is 5.11 Å². The molecule has 0 amide bonds. The fourth-order valence-corrected chi connectivity index (χ4v) is 0.705. The van der Waals surface area contributed by atoms with Crippen molar-refractivity contribution in [3.8, 4) is 0 Å². The molecule has 0 aliphatic carbocycles. The number of rotatable bonds is 4. The van der Waals surface area contributed by atoms with E-state index in [0.29, 0.717) is 5.92 Å². The van der Waals surface area contributed by atoms with Gasteiger partial charge in [-0.15, -0.1) is 0 Å². The molecule has 0 spiro atoms. The van der Waals surface area contributed by atoms with E-state index in [0.717, 1.165) is 6.42 Å². The van der Waals surface area contributed by atoms with Crippen LogP contribution in [0.3, 0.4) is 0 Å². The highest BCUT2D eigenvalue weighted by Crippen LogP contribution is 1.99. The van der Waals surface area contributed by atoms with Crippen LogP contribution in [0.4, 0.5) is 0 Å². The van der Waals surface area contributed by atoms with Gasteiger partial charge in [0.25, 0.3) is 0 Å². The standard InChI is InChI=1S/C10H18O/c1-4-5-6-10(11)8-7-9(2)3/h4-5,7-11H,6H2,1-3H3/b5-4-,8-7+. The Labute approximate surface area is 69.4 Å². The van der Waals surface area contributed by atoms with E-state index in [1.807, 2.05) is 31.2 Å². The summed E-state index contributed by atoms with van der Waals surface area (Å²) in [7, 11) is 0. The predicted octanol–water partition coefficient (Wildman–Crippen LogP) is 2.53. The summed E-state index contributed by atoms with van der Waals surface area (Å²) in [4.78, 5) is 0. The molecule has 0 saturated heterocycles. The minimum Gasteiger partial charge on any atom is -0.389 e. The molecule has 1 nitrogen and oxygen atoms in total. The van der Waals surface area contributed by atoms with Crippen LogP contribution in [0, 0.1) is 5.92 Å². The Hall–Kier alpha value is -0.560.